The number of aliphatic carboxylic acids is 1. The van der Waals surface area contributed by atoms with Crippen LogP contribution in [0, 0.1) is 0 Å². The van der Waals surface area contributed by atoms with Gasteiger partial charge in [0.1, 0.15) is 0 Å². The van der Waals surface area contributed by atoms with Gasteiger partial charge in [-0.25, -0.2) is 0 Å². The lowest BCUT2D eigenvalue weighted by Gasteiger charge is -2.40. The number of nitrogens with one attached hydrogen (secondary N) is 2. The summed E-state index contributed by atoms with van der Waals surface area (Å²) >= 11 is 0. The molecule has 6 heteroatoms. The highest BCUT2D eigenvalue weighted by Crippen LogP contribution is 2.15. The van der Waals surface area contributed by atoms with E-state index in [4.69, 9.17) is 5.11 Å². The predicted molar refractivity (Wildman–Crippen MR) is 68.4 cm³/mol. The lowest BCUT2D eigenvalue weighted by atomic mass is 9.99. The normalized spacial score (nSPS) is 19.3. The van der Waals surface area contributed by atoms with Crippen LogP contribution in [0.1, 0.15) is 27.2 Å². The van der Waals surface area contributed by atoms with Crippen molar-refractivity contribution in [3.63, 3.8) is 0 Å². The molecule has 1 aliphatic rings. The minimum atomic E-state index is -0.900. The standard InChI is InChI=1S/C12H23N3O3/c1-9(8-10(16)17)14-11(18)12(2,3)15-6-4-13-5-7-15/h9,13H,4-8H2,1-3H3,(H,14,18)(H,16,17). The molecule has 1 saturated heterocycles. The highest BCUT2D eigenvalue weighted by molar-refractivity contribution is 5.86. The third-order valence-electron chi connectivity index (χ3n) is 3.32. The first-order valence-electron chi connectivity index (χ1n) is 6.32. The molecule has 18 heavy (non-hydrogen) atoms. The fraction of sp³-hybridized carbons (Fsp3) is 0.833. The predicted octanol–water partition coefficient (Wildman–Crippen LogP) is -0.350. The van der Waals surface area contributed by atoms with Gasteiger partial charge in [-0.1, -0.05) is 0 Å². The summed E-state index contributed by atoms with van der Waals surface area (Å²) in [6.45, 7) is 8.87. The second kappa shape index (κ2) is 6.15. The molecule has 0 aromatic rings. The van der Waals surface area contributed by atoms with Crippen molar-refractivity contribution in [2.75, 3.05) is 26.2 Å². The first-order valence-corrected chi connectivity index (χ1v) is 6.32. The third kappa shape index (κ3) is 3.96. The Morgan fingerprint density at radius 3 is 2.44 bits per heavy atom. The smallest absolute Gasteiger partial charge is 0.305 e. The van der Waals surface area contributed by atoms with Gasteiger partial charge in [0.2, 0.25) is 5.91 Å². The van der Waals surface area contributed by atoms with Crippen molar-refractivity contribution in [3.8, 4) is 0 Å². The maximum absolute atomic E-state index is 12.2. The Balaban J connectivity index is 2.54. The van der Waals surface area contributed by atoms with Crippen molar-refractivity contribution in [1.82, 2.24) is 15.5 Å². The van der Waals surface area contributed by atoms with E-state index in [9.17, 15) is 9.59 Å². The van der Waals surface area contributed by atoms with Gasteiger partial charge in [0.15, 0.2) is 0 Å². The molecule has 1 heterocycles. The lowest BCUT2D eigenvalue weighted by molar-refractivity contribution is -0.138. The number of carboxylic acids is 1. The summed E-state index contributed by atoms with van der Waals surface area (Å²) in [6.07, 6.45) is -0.0522. The third-order valence-corrected chi connectivity index (χ3v) is 3.32. The zero-order valence-corrected chi connectivity index (χ0v) is 11.3. The van der Waals surface area contributed by atoms with Gasteiger partial charge in [-0.3, -0.25) is 14.5 Å². The minimum Gasteiger partial charge on any atom is -0.481 e. The van der Waals surface area contributed by atoms with E-state index in [0.29, 0.717) is 0 Å². The summed E-state index contributed by atoms with van der Waals surface area (Å²) in [7, 11) is 0. The van der Waals surface area contributed by atoms with Crippen LogP contribution in [-0.2, 0) is 9.59 Å². The van der Waals surface area contributed by atoms with Gasteiger partial charge in [-0.2, -0.15) is 0 Å². The van der Waals surface area contributed by atoms with Crippen LogP contribution in [0.15, 0.2) is 0 Å². The number of nitrogens with zero attached hydrogens (tertiary/aromatic N) is 1. The molecule has 1 aliphatic heterocycles. The molecular weight excluding hydrogens is 234 g/mol. The van der Waals surface area contributed by atoms with E-state index in [0.717, 1.165) is 26.2 Å². The average Bonchev–Trinajstić information content (AvgIpc) is 2.28. The molecule has 3 N–H and O–H groups in total. The molecule has 0 radical (unpaired) electrons. The Morgan fingerprint density at radius 1 is 1.39 bits per heavy atom. The summed E-state index contributed by atoms with van der Waals surface area (Å²) < 4.78 is 0. The molecule has 0 aliphatic carbocycles. The SMILES string of the molecule is CC(CC(=O)O)NC(=O)C(C)(C)N1CCNCC1. The van der Waals surface area contributed by atoms with Gasteiger partial charge in [0.25, 0.3) is 0 Å². The van der Waals surface area contributed by atoms with E-state index < -0.39 is 11.5 Å². The average molecular weight is 257 g/mol. The van der Waals surface area contributed by atoms with Gasteiger partial charge in [0, 0.05) is 32.2 Å². The highest BCUT2D eigenvalue weighted by atomic mass is 16.4. The fourth-order valence-electron chi connectivity index (χ4n) is 2.08. The topological polar surface area (TPSA) is 81.7 Å². The van der Waals surface area contributed by atoms with Crippen LogP contribution in [0.25, 0.3) is 0 Å². The zero-order valence-electron chi connectivity index (χ0n) is 11.3. The summed E-state index contributed by atoms with van der Waals surface area (Å²) in [5.41, 5.74) is -0.602. The fourth-order valence-corrected chi connectivity index (χ4v) is 2.08. The number of carbonyl (C=O) groups excluding carboxylic acids is 1. The number of amides is 1. The number of hydrogen-bond acceptors (Lipinski definition) is 4. The molecule has 1 unspecified atom stereocenters. The van der Waals surface area contributed by atoms with Crippen LogP contribution in [0.2, 0.25) is 0 Å². The summed E-state index contributed by atoms with van der Waals surface area (Å²) in [5, 5.41) is 14.7. The molecule has 1 amide bonds. The van der Waals surface area contributed by atoms with Crippen molar-refractivity contribution >= 4 is 11.9 Å². The number of carboxylic acid groups (broad SMARTS) is 1. The quantitative estimate of drug-likeness (QED) is 0.627. The molecule has 0 saturated carbocycles. The van der Waals surface area contributed by atoms with Crippen molar-refractivity contribution in [1.29, 1.82) is 0 Å². The van der Waals surface area contributed by atoms with Crippen LogP contribution in [-0.4, -0.2) is 59.6 Å². The minimum absolute atomic E-state index is 0.0522. The van der Waals surface area contributed by atoms with Crippen LogP contribution >= 0.6 is 0 Å². The molecule has 0 aromatic heterocycles. The zero-order chi connectivity index (χ0) is 13.8. The van der Waals surface area contributed by atoms with Crippen molar-refractivity contribution in [2.45, 2.75) is 38.8 Å². The largest absolute Gasteiger partial charge is 0.481 e. The Morgan fingerprint density at radius 2 is 1.94 bits per heavy atom. The van der Waals surface area contributed by atoms with Gasteiger partial charge in [0.05, 0.1) is 12.0 Å². The summed E-state index contributed by atoms with van der Waals surface area (Å²) in [6, 6.07) is -0.350. The summed E-state index contributed by atoms with van der Waals surface area (Å²) in [4.78, 5) is 24.9. The molecular formula is C12H23N3O3. The van der Waals surface area contributed by atoms with E-state index in [1.165, 1.54) is 0 Å². The Hall–Kier alpha value is -1.14. The second-order valence-electron chi connectivity index (χ2n) is 5.27. The number of hydrogen-bond donors (Lipinski definition) is 3. The molecule has 0 aromatic carbocycles. The molecule has 1 atom stereocenters. The molecule has 1 fully saturated rings. The van der Waals surface area contributed by atoms with Gasteiger partial charge < -0.3 is 15.7 Å². The van der Waals surface area contributed by atoms with Crippen LogP contribution in [0.3, 0.4) is 0 Å². The van der Waals surface area contributed by atoms with E-state index in [-0.39, 0.29) is 18.4 Å². The number of rotatable bonds is 5. The molecule has 1 rings (SSSR count). The van der Waals surface area contributed by atoms with Gasteiger partial charge in [-0.05, 0) is 20.8 Å². The van der Waals surface area contributed by atoms with Crippen LogP contribution in [0.5, 0.6) is 0 Å². The first kappa shape index (κ1) is 14.9. The van der Waals surface area contributed by atoms with Crippen LogP contribution in [0.4, 0.5) is 0 Å². The van der Waals surface area contributed by atoms with Gasteiger partial charge >= 0.3 is 5.97 Å². The van der Waals surface area contributed by atoms with E-state index in [1.54, 1.807) is 6.92 Å². The molecule has 0 bridgehead atoms. The monoisotopic (exact) mass is 257 g/mol. The Labute approximate surface area is 108 Å². The first-order chi connectivity index (χ1) is 8.34. The second-order valence-corrected chi connectivity index (χ2v) is 5.27. The van der Waals surface area contributed by atoms with Gasteiger partial charge in [-0.15, -0.1) is 0 Å². The maximum Gasteiger partial charge on any atom is 0.305 e. The lowest BCUT2D eigenvalue weighted by Crippen LogP contribution is -2.60. The molecule has 6 nitrogen and oxygen atoms in total. The van der Waals surface area contributed by atoms with E-state index in [1.807, 2.05) is 13.8 Å². The molecule has 0 spiro atoms. The number of piperazine rings is 1. The molecule has 104 valence electrons. The Kier molecular flexibility index (Phi) is 5.10. The number of carbonyl (C=O) groups is 2. The highest BCUT2D eigenvalue weighted by Gasteiger charge is 2.35. The summed E-state index contributed by atoms with van der Waals surface area (Å²) in [5.74, 6) is -1.01. The van der Waals surface area contributed by atoms with Crippen molar-refractivity contribution < 1.29 is 14.7 Å². The van der Waals surface area contributed by atoms with Crippen molar-refractivity contribution in [3.05, 3.63) is 0 Å². The van der Waals surface area contributed by atoms with Crippen molar-refractivity contribution in [2.24, 2.45) is 0 Å². The van der Waals surface area contributed by atoms with E-state index in [2.05, 4.69) is 15.5 Å². The van der Waals surface area contributed by atoms with E-state index >= 15 is 0 Å². The maximum atomic E-state index is 12.2. The Bertz CT molecular complexity index is 312. The van der Waals surface area contributed by atoms with Crippen LogP contribution < -0.4 is 10.6 Å².